The zero-order valence-electron chi connectivity index (χ0n) is 43.8. The lowest BCUT2D eigenvalue weighted by atomic mass is 9.84. The van der Waals surface area contributed by atoms with E-state index >= 15 is 0 Å². The molecule has 0 heterocycles. The number of carbonyl (C=O) groups excluding carboxylic acids is 7. The van der Waals surface area contributed by atoms with E-state index in [0.29, 0.717) is 12.2 Å². The van der Waals surface area contributed by atoms with Gasteiger partial charge in [-0.3, -0.25) is 33.6 Å². The Kier molecular flexibility index (Phi) is 24.1. The van der Waals surface area contributed by atoms with Crippen molar-refractivity contribution < 1.29 is 43.0 Å². The Hall–Kier alpha value is -6.99. The van der Waals surface area contributed by atoms with Crippen molar-refractivity contribution in [2.75, 3.05) is 43.7 Å². The van der Waals surface area contributed by atoms with Crippen molar-refractivity contribution >= 4 is 64.9 Å². The summed E-state index contributed by atoms with van der Waals surface area (Å²) in [5, 5.41) is 15.9. The number of nitrogens with one attached hydrogen (secondary N) is 6. The predicted molar refractivity (Wildman–Crippen MR) is 299 cm³/mol. The second kappa shape index (κ2) is 30.5. The minimum atomic E-state index is -1.20. The molecule has 0 aliphatic carbocycles. The molecule has 16 nitrogen and oxygen atoms in total. The summed E-state index contributed by atoms with van der Waals surface area (Å²) in [4.78, 5) is 94.7. The highest BCUT2D eigenvalue weighted by atomic mass is 32.2. The SMILES string of the molecule is CC(C)COCSCC(NC(=O)CNC(=O)C(Cc1ccccc1)NC(=O)CNC(=O)C(N)CSC(c1ccccc1)(c1ccccc1)c1ccccc1)C(=O)NC(Cc1ccccc1)C(=O)NCC(=O)OC(C)(C)C. The van der Waals surface area contributed by atoms with Crippen LogP contribution in [0.5, 0.6) is 0 Å². The molecule has 0 aromatic heterocycles. The van der Waals surface area contributed by atoms with E-state index in [1.54, 1.807) is 69.3 Å². The van der Waals surface area contributed by atoms with Crippen LogP contribution in [0.25, 0.3) is 0 Å². The molecule has 0 fully saturated rings. The number of hydrogen-bond acceptors (Lipinski definition) is 12. The third kappa shape index (κ3) is 19.9. The smallest absolute Gasteiger partial charge is 0.325 e. The van der Waals surface area contributed by atoms with Crippen LogP contribution in [-0.4, -0.2) is 115 Å². The van der Waals surface area contributed by atoms with Gasteiger partial charge in [-0.2, -0.15) is 0 Å². The number of esters is 1. The van der Waals surface area contributed by atoms with E-state index in [1.807, 2.05) is 117 Å². The van der Waals surface area contributed by atoms with Crippen LogP contribution in [0.3, 0.4) is 0 Å². The van der Waals surface area contributed by atoms with Crippen molar-refractivity contribution in [3.05, 3.63) is 179 Å². The van der Waals surface area contributed by atoms with Crippen molar-refractivity contribution in [2.45, 2.75) is 82.0 Å². The first-order valence-corrected chi connectivity index (χ1v) is 27.3. The molecule has 0 radical (unpaired) electrons. The average molecular weight is 1070 g/mol. The Labute approximate surface area is 454 Å². The zero-order valence-corrected chi connectivity index (χ0v) is 45.4. The van der Waals surface area contributed by atoms with Crippen LogP contribution in [-0.2, 0) is 60.6 Å². The largest absolute Gasteiger partial charge is 0.459 e. The fourth-order valence-electron chi connectivity index (χ4n) is 7.88. The molecule has 4 unspecified atom stereocenters. The van der Waals surface area contributed by atoms with Gasteiger partial charge in [-0.1, -0.05) is 166 Å². The summed E-state index contributed by atoms with van der Waals surface area (Å²) in [5.41, 5.74) is 10.2. The topological polar surface area (TPSA) is 236 Å². The van der Waals surface area contributed by atoms with Gasteiger partial charge in [0, 0.05) is 31.0 Å². The maximum atomic E-state index is 14.0. The first-order chi connectivity index (χ1) is 36.4. The maximum Gasteiger partial charge on any atom is 0.325 e. The Morgan fingerprint density at radius 2 is 0.921 bits per heavy atom. The molecule has 0 aliphatic rings. The van der Waals surface area contributed by atoms with Gasteiger partial charge in [-0.25, -0.2) is 0 Å². The highest BCUT2D eigenvalue weighted by Crippen LogP contribution is 2.48. The Morgan fingerprint density at radius 3 is 1.37 bits per heavy atom. The monoisotopic (exact) mass is 1070 g/mol. The summed E-state index contributed by atoms with van der Waals surface area (Å²) in [6.07, 6.45) is 0.110. The third-order valence-electron chi connectivity index (χ3n) is 11.4. The summed E-state index contributed by atoms with van der Waals surface area (Å²) in [6, 6.07) is 43.3. The van der Waals surface area contributed by atoms with Gasteiger partial charge in [0.1, 0.15) is 30.3 Å². The quantitative estimate of drug-likeness (QED) is 0.0145. The number of thioether (sulfide) groups is 2. The summed E-state index contributed by atoms with van der Waals surface area (Å²) >= 11 is 2.76. The van der Waals surface area contributed by atoms with Crippen molar-refractivity contribution in [1.29, 1.82) is 0 Å². The molecule has 5 aromatic carbocycles. The van der Waals surface area contributed by atoms with Crippen LogP contribution < -0.4 is 37.6 Å². The van der Waals surface area contributed by atoms with E-state index in [0.717, 1.165) is 22.3 Å². The molecule has 4 atom stereocenters. The summed E-state index contributed by atoms with van der Waals surface area (Å²) in [5.74, 6) is -3.98. The van der Waals surface area contributed by atoms with Crippen molar-refractivity contribution in [1.82, 2.24) is 31.9 Å². The lowest BCUT2D eigenvalue weighted by Crippen LogP contribution is -2.57. The van der Waals surface area contributed by atoms with Crippen molar-refractivity contribution in [3.8, 4) is 0 Å². The van der Waals surface area contributed by atoms with Gasteiger partial charge in [-0.05, 0) is 54.5 Å². The molecule has 0 saturated carbocycles. The number of benzene rings is 5. The van der Waals surface area contributed by atoms with Gasteiger partial charge >= 0.3 is 5.97 Å². The lowest BCUT2D eigenvalue weighted by molar-refractivity contribution is -0.154. The second-order valence-corrected chi connectivity index (χ2v) is 21.6. The molecule has 8 N–H and O–H groups in total. The van der Waals surface area contributed by atoms with Crippen LogP contribution in [0.4, 0.5) is 0 Å². The zero-order chi connectivity index (χ0) is 54.9. The average Bonchev–Trinajstić information content (AvgIpc) is 3.43. The second-order valence-electron chi connectivity index (χ2n) is 19.4. The fourth-order valence-corrected chi connectivity index (χ4v) is 10.2. The molecular formula is C58H71N7O9S2. The summed E-state index contributed by atoms with van der Waals surface area (Å²) in [7, 11) is 0. The van der Waals surface area contributed by atoms with Gasteiger partial charge in [0.15, 0.2) is 0 Å². The first kappa shape index (κ1) is 59.9. The van der Waals surface area contributed by atoms with Crippen molar-refractivity contribution in [2.24, 2.45) is 11.7 Å². The number of hydrogen-bond donors (Lipinski definition) is 7. The number of rotatable bonds is 29. The molecular weight excluding hydrogens is 1000 g/mol. The van der Waals surface area contributed by atoms with Gasteiger partial charge in [0.05, 0.1) is 29.8 Å². The van der Waals surface area contributed by atoms with Crippen molar-refractivity contribution in [3.63, 3.8) is 0 Å². The maximum absolute atomic E-state index is 14.0. The van der Waals surface area contributed by atoms with E-state index in [-0.39, 0.29) is 36.2 Å². The van der Waals surface area contributed by atoms with Crippen LogP contribution in [0.2, 0.25) is 0 Å². The third-order valence-corrected chi connectivity index (χ3v) is 14.0. The van der Waals surface area contributed by atoms with Crippen LogP contribution >= 0.6 is 23.5 Å². The van der Waals surface area contributed by atoms with Crippen LogP contribution in [0.1, 0.15) is 62.4 Å². The normalized spacial score (nSPS) is 13.0. The Bertz CT molecular complexity index is 2530. The van der Waals surface area contributed by atoms with Crippen LogP contribution in [0, 0.1) is 5.92 Å². The molecule has 6 amide bonds. The van der Waals surface area contributed by atoms with Gasteiger partial charge in [0.2, 0.25) is 35.4 Å². The van der Waals surface area contributed by atoms with E-state index < -0.39 is 95.6 Å². The van der Waals surface area contributed by atoms with Crippen LogP contribution in [0.15, 0.2) is 152 Å². The lowest BCUT2D eigenvalue weighted by Gasteiger charge is -2.36. The molecule has 18 heteroatoms. The van der Waals surface area contributed by atoms with E-state index in [1.165, 1.54) is 23.5 Å². The van der Waals surface area contributed by atoms with Gasteiger partial charge in [-0.15, -0.1) is 23.5 Å². The molecule has 0 aliphatic heterocycles. The summed E-state index contributed by atoms with van der Waals surface area (Å²) < 4.78 is 10.3. The highest BCUT2D eigenvalue weighted by molar-refractivity contribution is 8.00. The molecule has 76 heavy (non-hydrogen) atoms. The fraction of sp³-hybridized carbons (Fsp3) is 0.362. The number of nitrogens with two attached hydrogens (primary N) is 1. The molecule has 404 valence electrons. The van der Waals surface area contributed by atoms with E-state index in [4.69, 9.17) is 15.2 Å². The molecule has 5 rings (SSSR count). The number of amides is 6. The minimum Gasteiger partial charge on any atom is -0.459 e. The number of ether oxygens (including phenoxy) is 2. The minimum absolute atomic E-state index is 0.0376. The van der Waals surface area contributed by atoms with Gasteiger partial charge < -0.3 is 47.1 Å². The molecule has 0 bridgehead atoms. The number of carbonyl (C=O) groups is 7. The Balaban J connectivity index is 1.23. The van der Waals surface area contributed by atoms with E-state index in [9.17, 15) is 33.6 Å². The van der Waals surface area contributed by atoms with E-state index in [2.05, 4.69) is 31.9 Å². The molecule has 5 aromatic rings. The molecule has 0 spiro atoms. The highest BCUT2D eigenvalue weighted by Gasteiger charge is 2.38. The first-order valence-electron chi connectivity index (χ1n) is 25.2. The standard InChI is InChI=1S/C58H71N7O9S2/c1-40(2)36-73-39-75-38-49(56(72)65-48(32-42-23-13-7-14-24-42)55(71)62-35-52(68)74-57(3,4)5)64-51(67)34-61-54(70)47(31-41-21-11-6-12-22-41)63-50(66)33-60-53(69)46(59)37-76-58(43-25-15-8-16-26-43,44-27-17-9-18-28-44)45-29-19-10-20-30-45/h6-30,40,46-49H,31-39,59H2,1-5H3,(H,60,69)(H,61,70)(H,62,71)(H,63,66)(H,64,67)(H,65,72). The Morgan fingerprint density at radius 1 is 0.513 bits per heavy atom. The summed E-state index contributed by atoms with van der Waals surface area (Å²) in [6.45, 7) is 8.07. The predicted octanol–water partition coefficient (Wildman–Crippen LogP) is 5.03. The van der Waals surface area contributed by atoms with Gasteiger partial charge in [0.25, 0.3) is 0 Å². The molecule has 0 saturated heterocycles.